The van der Waals surface area contributed by atoms with Gasteiger partial charge in [0.25, 0.3) is 0 Å². The predicted molar refractivity (Wildman–Crippen MR) is 47.5 cm³/mol. The molecule has 0 aliphatic heterocycles. The van der Waals surface area contributed by atoms with Crippen molar-refractivity contribution in [3.8, 4) is 0 Å². The van der Waals surface area contributed by atoms with E-state index in [1.54, 1.807) is 6.92 Å². The van der Waals surface area contributed by atoms with Crippen LogP contribution in [0.1, 0.15) is 47.4 Å². The van der Waals surface area contributed by atoms with E-state index in [4.69, 9.17) is 0 Å². The summed E-state index contributed by atoms with van der Waals surface area (Å²) in [6.07, 6.45) is 2.47. The molecule has 0 aromatic carbocycles. The fraction of sp³-hybridized carbons (Fsp3) is 0.500. The van der Waals surface area contributed by atoms with Gasteiger partial charge in [-0.15, -0.1) is 0 Å². The molecule has 2 nitrogen and oxygen atoms in total. The number of rotatable bonds is 2. The standard InChI is InChI=1S/C10H13NO/c1-6-5-9(7(2)12)10(11-6)8-3-4-8/h5,8,11H,3-4H2,1-2H3. The predicted octanol–water partition coefficient (Wildman–Crippen LogP) is 2.40. The van der Waals surface area contributed by atoms with E-state index in [1.807, 2.05) is 13.0 Å². The van der Waals surface area contributed by atoms with E-state index in [1.165, 1.54) is 18.5 Å². The van der Waals surface area contributed by atoms with Gasteiger partial charge in [0, 0.05) is 17.0 Å². The molecule has 1 aliphatic carbocycles. The number of carbonyl (C=O) groups excluding carboxylic acids is 1. The molecule has 1 saturated carbocycles. The average molecular weight is 163 g/mol. The molecule has 0 saturated heterocycles. The lowest BCUT2D eigenvalue weighted by molar-refractivity contribution is 0.101. The van der Waals surface area contributed by atoms with Gasteiger partial charge < -0.3 is 4.98 Å². The van der Waals surface area contributed by atoms with Crippen LogP contribution in [0.3, 0.4) is 0 Å². The minimum atomic E-state index is 0.182. The maximum absolute atomic E-state index is 11.2. The van der Waals surface area contributed by atoms with E-state index >= 15 is 0 Å². The number of carbonyl (C=O) groups is 1. The van der Waals surface area contributed by atoms with E-state index < -0.39 is 0 Å². The molecule has 1 N–H and O–H groups in total. The van der Waals surface area contributed by atoms with E-state index in [0.717, 1.165) is 11.3 Å². The normalized spacial score (nSPS) is 16.5. The molecular formula is C10H13NO. The van der Waals surface area contributed by atoms with Crippen molar-refractivity contribution >= 4 is 5.78 Å². The monoisotopic (exact) mass is 163 g/mol. The SMILES string of the molecule is CC(=O)c1cc(C)[nH]c1C1CC1. The Balaban J connectivity index is 2.43. The Hall–Kier alpha value is -1.05. The maximum Gasteiger partial charge on any atom is 0.161 e. The van der Waals surface area contributed by atoms with E-state index in [-0.39, 0.29) is 5.78 Å². The lowest BCUT2D eigenvalue weighted by Gasteiger charge is -1.95. The summed E-state index contributed by atoms with van der Waals surface area (Å²) in [7, 11) is 0. The van der Waals surface area contributed by atoms with Gasteiger partial charge in [0.05, 0.1) is 0 Å². The highest BCUT2D eigenvalue weighted by Crippen LogP contribution is 2.41. The quantitative estimate of drug-likeness (QED) is 0.667. The van der Waals surface area contributed by atoms with Gasteiger partial charge >= 0.3 is 0 Å². The van der Waals surface area contributed by atoms with Gasteiger partial charge in [0.1, 0.15) is 0 Å². The first-order valence-electron chi connectivity index (χ1n) is 4.39. The maximum atomic E-state index is 11.2. The van der Waals surface area contributed by atoms with Crippen molar-refractivity contribution < 1.29 is 4.79 Å². The van der Waals surface area contributed by atoms with Crippen molar-refractivity contribution in [1.29, 1.82) is 0 Å². The summed E-state index contributed by atoms with van der Waals surface area (Å²) < 4.78 is 0. The van der Waals surface area contributed by atoms with Gasteiger partial charge in [-0.1, -0.05) is 0 Å². The zero-order valence-corrected chi connectivity index (χ0v) is 7.48. The summed E-state index contributed by atoms with van der Waals surface area (Å²) in [5, 5.41) is 0. The molecule has 0 spiro atoms. The van der Waals surface area contributed by atoms with Gasteiger partial charge in [0.15, 0.2) is 5.78 Å². The minimum Gasteiger partial charge on any atom is -0.362 e. The fourth-order valence-corrected chi connectivity index (χ4v) is 1.60. The van der Waals surface area contributed by atoms with Crippen LogP contribution in [0.4, 0.5) is 0 Å². The highest BCUT2D eigenvalue weighted by Gasteiger charge is 2.28. The molecule has 12 heavy (non-hydrogen) atoms. The van der Waals surface area contributed by atoms with Crippen LogP contribution in [0.2, 0.25) is 0 Å². The first kappa shape index (κ1) is 7.59. The topological polar surface area (TPSA) is 32.9 Å². The highest BCUT2D eigenvalue weighted by molar-refractivity contribution is 5.95. The van der Waals surface area contributed by atoms with Crippen molar-refractivity contribution in [2.75, 3.05) is 0 Å². The Kier molecular flexibility index (Phi) is 1.56. The summed E-state index contributed by atoms with van der Waals surface area (Å²) in [6.45, 7) is 3.63. The molecule has 1 fully saturated rings. The van der Waals surface area contributed by atoms with Crippen LogP contribution >= 0.6 is 0 Å². The second-order valence-electron chi connectivity index (χ2n) is 3.61. The third kappa shape index (κ3) is 1.17. The lowest BCUT2D eigenvalue weighted by Crippen LogP contribution is -1.94. The first-order chi connectivity index (χ1) is 5.68. The molecule has 1 aromatic rings. The fourth-order valence-electron chi connectivity index (χ4n) is 1.60. The van der Waals surface area contributed by atoms with E-state index in [0.29, 0.717) is 5.92 Å². The number of nitrogens with one attached hydrogen (secondary N) is 1. The van der Waals surface area contributed by atoms with Crippen molar-refractivity contribution in [3.05, 3.63) is 23.0 Å². The number of aromatic nitrogens is 1. The first-order valence-corrected chi connectivity index (χ1v) is 4.39. The molecule has 1 heterocycles. The number of hydrogen-bond donors (Lipinski definition) is 1. The van der Waals surface area contributed by atoms with Gasteiger partial charge in [-0.25, -0.2) is 0 Å². The van der Waals surface area contributed by atoms with E-state index in [2.05, 4.69) is 4.98 Å². The van der Waals surface area contributed by atoms with E-state index in [9.17, 15) is 4.79 Å². The van der Waals surface area contributed by atoms with Crippen LogP contribution in [0, 0.1) is 6.92 Å². The number of aryl methyl sites for hydroxylation is 1. The number of ketones is 1. The summed E-state index contributed by atoms with van der Waals surface area (Å²) in [4.78, 5) is 14.5. The zero-order valence-electron chi connectivity index (χ0n) is 7.48. The summed E-state index contributed by atoms with van der Waals surface area (Å²) in [6, 6.07) is 1.95. The third-order valence-electron chi connectivity index (χ3n) is 2.35. The Morgan fingerprint density at radius 1 is 1.58 bits per heavy atom. The molecule has 1 aromatic heterocycles. The van der Waals surface area contributed by atoms with Crippen LogP contribution in [0.15, 0.2) is 6.07 Å². The Labute approximate surface area is 72.0 Å². The van der Waals surface area contributed by atoms with Crippen molar-refractivity contribution in [1.82, 2.24) is 4.98 Å². The van der Waals surface area contributed by atoms with Gasteiger partial charge in [-0.3, -0.25) is 4.79 Å². The summed E-state index contributed by atoms with van der Waals surface area (Å²) >= 11 is 0. The molecule has 0 atom stereocenters. The molecule has 2 rings (SSSR count). The van der Waals surface area contributed by atoms with Crippen LogP contribution in [0.25, 0.3) is 0 Å². The third-order valence-corrected chi connectivity index (χ3v) is 2.35. The zero-order chi connectivity index (χ0) is 8.72. The molecule has 0 unspecified atom stereocenters. The largest absolute Gasteiger partial charge is 0.362 e. The van der Waals surface area contributed by atoms with Gasteiger partial charge in [-0.05, 0) is 38.7 Å². The van der Waals surface area contributed by atoms with Crippen LogP contribution in [0.5, 0.6) is 0 Å². The Morgan fingerprint density at radius 3 is 2.75 bits per heavy atom. The van der Waals surface area contributed by atoms with Gasteiger partial charge in [0.2, 0.25) is 0 Å². The van der Waals surface area contributed by atoms with Crippen molar-refractivity contribution in [2.45, 2.75) is 32.6 Å². The van der Waals surface area contributed by atoms with Gasteiger partial charge in [-0.2, -0.15) is 0 Å². The van der Waals surface area contributed by atoms with Crippen molar-refractivity contribution in [3.63, 3.8) is 0 Å². The lowest BCUT2D eigenvalue weighted by atomic mass is 10.1. The van der Waals surface area contributed by atoms with Crippen LogP contribution in [-0.2, 0) is 0 Å². The Bertz CT molecular complexity index is 321. The second kappa shape index (κ2) is 2.47. The number of H-pyrrole nitrogens is 1. The molecule has 0 bridgehead atoms. The molecule has 0 radical (unpaired) electrons. The number of aromatic amines is 1. The smallest absolute Gasteiger partial charge is 0.161 e. The minimum absolute atomic E-state index is 0.182. The van der Waals surface area contributed by atoms with Crippen LogP contribution < -0.4 is 0 Å². The second-order valence-corrected chi connectivity index (χ2v) is 3.61. The van der Waals surface area contributed by atoms with Crippen molar-refractivity contribution in [2.24, 2.45) is 0 Å². The summed E-state index contributed by atoms with van der Waals surface area (Å²) in [5.41, 5.74) is 3.16. The molecule has 2 heteroatoms. The number of Topliss-reactive ketones (excluding diaryl/α,β-unsaturated/α-hetero) is 1. The average Bonchev–Trinajstić information content (AvgIpc) is 2.75. The molecule has 0 amide bonds. The molecular weight excluding hydrogens is 150 g/mol. The highest BCUT2D eigenvalue weighted by atomic mass is 16.1. The molecule has 64 valence electrons. The number of hydrogen-bond acceptors (Lipinski definition) is 1. The molecule has 1 aliphatic rings. The van der Waals surface area contributed by atoms with Crippen LogP contribution in [-0.4, -0.2) is 10.8 Å². The summed E-state index contributed by atoms with van der Waals surface area (Å²) in [5.74, 6) is 0.818. The Morgan fingerprint density at radius 2 is 2.25 bits per heavy atom.